The van der Waals surface area contributed by atoms with Crippen LogP contribution in [0.25, 0.3) is 11.1 Å². The van der Waals surface area contributed by atoms with Crippen LogP contribution in [0, 0.1) is 0 Å². The molecule has 0 aliphatic carbocycles. The normalized spacial score (nSPS) is 15.7. The van der Waals surface area contributed by atoms with Gasteiger partial charge < -0.3 is 9.15 Å². The minimum Gasteiger partial charge on any atom is -0.456 e. The van der Waals surface area contributed by atoms with Gasteiger partial charge in [-0.15, -0.1) is 0 Å². The van der Waals surface area contributed by atoms with Crippen LogP contribution in [0.2, 0.25) is 0 Å². The molecule has 3 aromatic rings. The second kappa shape index (κ2) is 8.71. The average molecular weight is 458 g/mol. The molecular formula is C22H22N2O7S. The predicted octanol–water partition coefficient (Wildman–Crippen LogP) is 2.37. The van der Waals surface area contributed by atoms with Crippen molar-refractivity contribution in [2.24, 2.45) is 0 Å². The van der Waals surface area contributed by atoms with Gasteiger partial charge >= 0.3 is 11.7 Å². The Kier molecular flexibility index (Phi) is 5.98. The molecule has 9 nitrogen and oxygen atoms in total. The van der Waals surface area contributed by atoms with Crippen molar-refractivity contribution in [2.75, 3.05) is 19.7 Å². The second-order valence-corrected chi connectivity index (χ2v) is 9.49. The number of aromatic nitrogens is 1. The molecule has 0 bridgehead atoms. The zero-order valence-electron chi connectivity index (χ0n) is 17.4. The maximum absolute atomic E-state index is 12.6. The number of sulfonamides is 1. The summed E-state index contributed by atoms with van der Waals surface area (Å²) in [6.45, 7) is 1.93. The van der Waals surface area contributed by atoms with Crippen LogP contribution < -0.4 is 5.76 Å². The summed E-state index contributed by atoms with van der Waals surface area (Å²) in [4.78, 5) is 37.1. The maximum Gasteiger partial charge on any atom is 0.420 e. The van der Waals surface area contributed by atoms with Crippen LogP contribution in [0.3, 0.4) is 0 Å². The average Bonchev–Trinajstić information content (AvgIpc) is 3.44. The highest BCUT2D eigenvalue weighted by Crippen LogP contribution is 2.21. The highest BCUT2D eigenvalue weighted by Gasteiger charge is 2.27. The first-order valence-electron chi connectivity index (χ1n) is 10.2. The third kappa shape index (κ3) is 4.11. The van der Waals surface area contributed by atoms with Crippen LogP contribution in [0.15, 0.2) is 62.6 Å². The third-order valence-corrected chi connectivity index (χ3v) is 7.38. The number of para-hydroxylation sites is 2. The van der Waals surface area contributed by atoms with Crippen molar-refractivity contribution in [1.82, 2.24) is 8.87 Å². The number of oxazole rings is 1. The molecule has 0 spiro atoms. The van der Waals surface area contributed by atoms with E-state index in [0.717, 1.165) is 12.8 Å². The molecular weight excluding hydrogens is 436 g/mol. The third-order valence-electron chi connectivity index (χ3n) is 5.47. The number of ether oxygens (including phenoxy) is 1. The van der Waals surface area contributed by atoms with E-state index in [1.807, 2.05) is 0 Å². The van der Waals surface area contributed by atoms with Crippen molar-refractivity contribution in [2.45, 2.75) is 30.7 Å². The zero-order valence-corrected chi connectivity index (χ0v) is 18.2. The molecule has 2 aromatic carbocycles. The number of hydrogen-bond acceptors (Lipinski definition) is 7. The van der Waals surface area contributed by atoms with Crippen molar-refractivity contribution < 1.29 is 27.2 Å². The molecule has 1 aliphatic rings. The van der Waals surface area contributed by atoms with Gasteiger partial charge in [-0.05, 0) is 56.2 Å². The quantitative estimate of drug-likeness (QED) is 0.394. The van der Waals surface area contributed by atoms with Crippen LogP contribution in [0.5, 0.6) is 0 Å². The van der Waals surface area contributed by atoms with E-state index in [4.69, 9.17) is 9.15 Å². The molecule has 10 heteroatoms. The Morgan fingerprint density at radius 2 is 1.72 bits per heavy atom. The molecule has 1 atom stereocenters. The van der Waals surface area contributed by atoms with E-state index in [1.165, 1.54) is 40.1 Å². The Bertz CT molecular complexity index is 1320. The molecule has 0 radical (unpaired) electrons. The van der Waals surface area contributed by atoms with E-state index >= 15 is 0 Å². The summed E-state index contributed by atoms with van der Waals surface area (Å²) in [6.07, 6.45) is 1.67. The van der Waals surface area contributed by atoms with Crippen molar-refractivity contribution in [1.29, 1.82) is 0 Å². The van der Waals surface area contributed by atoms with E-state index in [0.29, 0.717) is 24.2 Å². The molecule has 1 fully saturated rings. The lowest BCUT2D eigenvalue weighted by Crippen LogP contribution is -2.28. The summed E-state index contributed by atoms with van der Waals surface area (Å²) < 4.78 is 38.0. The molecule has 1 aliphatic heterocycles. The van der Waals surface area contributed by atoms with Gasteiger partial charge in [-0.3, -0.25) is 9.36 Å². The number of esters is 1. The Morgan fingerprint density at radius 3 is 2.41 bits per heavy atom. The van der Waals surface area contributed by atoms with E-state index in [2.05, 4.69) is 0 Å². The molecule has 0 N–H and O–H groups in total. The van der Waals surface area contributed by atoms with Crippen LogP contribution in [-0.2, 0) is 19.6 Å². The van der Waals surface area contributed by atoms with Crippen molar-refractivity contribution in [3.8, 4) is 0 Å². The fraction of sp³-hybridized carbons (Fsp3) is 0.318. The summed E-state index contributed by atoms with van der Waals surface area (Å²) in [5, 5.41) is 0. The van der Waals surface area contributed by atoms with E-state index in [1.54, 1.807) is 24.3 Å². The molecule has 1 unspecified atom stereocenters. The molecule has 168 valence electrons. The van der Waals surface area contributed by atoms with Crippen LogP contribution in [-0.4, -0.2) is 48.7 Å². The number of ketones is 1. The molecule has 1 aromatic heterocycles. The Morgan fingerprint density at radius 1 is 1.06 bits per heavy atom. The number of hydrogen-bond donors (Lipinski definition) is 0. The highest BCUT2D eigenvalue weighted by atomic mass is 32.2. The molecule has 4 rings (SSSR count). The summed E-state index contributed by atoms with van der Waals surface area (Å²) in [5.74, 6) is -1.95. The van der Waals surface area contributed by atoms with Gasteiger partial charge in [0.15, 0.2) is 18.0 Å². The fourth-order valence-corrected chi connectivity index (χ4v) is 5.20. The summed E-state index contributed by atoms with van der Waals surface area (Å²) in [6, 6.07) is 11.2. The second-order valence-electron chi connectivity index (χ2n) is 7.55. The first-order valence-corrected chi connectivity index (χ1v) is 11.6. The van der Waals surface area contributed by atoms with Gasteiger partial charge in [-0.1, -0.05) is 12.1 Å². The summed E-state index contributed by atoms with van der Waals surface area (Å²) in [5.41, 5.74) is 1.01. The number of benzene rings is 2. The van der Waals surface area contributed by atoms with Gasteiger partial charge in [-0.25, -0.2) is 18.0 Å². The van der Waals surface area contributed by atoms with E-state index in [9.17, 15) is 22.8 Å². The molecule has 1 saturated heterocycles. The monoisotopic (exact) mass is 458 g/mol. The number of Topliss-reactive ketones (excluding diaryl/α,β-unsaturated/α-hetero) is 1. The number of carbonyl (C=O) groups is 2. The van der Waals surface area contributed by atoms with Gasteiger partial charge in [0.1, 0.15) is 6.04 Å². The molecule has 2 heterocycles. The highest BCUT2D eigenvalue weighted by molar-refractivity contribution is 7.89. The van der Waals surface area contributed by atoms with Gasteiger partial charge in [-0.2, -0.15) is 4.31 Å². The molecule has 0 amide bonds. The number of fused-ring (bicyclic) bond motifs is 1. The smallest absolute Gasteiger partial charge is 0.420 e. The molecule has 0 saturated carbocycles. The standard InChI is InChI=1S/C22H22N2O7S/c1-15(24-18-6-2-3-7-20(18)31-22(24)27)21(26)30-14-19(25)16-8-10-17(11-9-16)32(28,29)23-12-4-5-13-23/h2-3,6-11,15H,4-5,12-14H2,1H3. The summed E-state index contributed by atoms with van der Waals surface area (Å²) >= 11 is 0. The van der Waals surface area contributed by atoms with E-state index < -0.39 is 40.2 Å². The van der Waals surface area contributed by atoms with Crippen molar-refractivity contribution in [3.63, 3.8) is 0 Å². The van der Waals surface area contributed by atoms with Gasteiger partial charge in [0, 0.05) is 18.7 Å². The largest absolute Gasteiger partial charge is 0.456 e. The Balaban J connectivity index is 1.41. The molecule has 32 heavy (non-hydrogen) atoms. The number of carbonyl (C=O) groups excluding carboxylic acids is 2. The van der Waals surface area contributed by atoms with Gasteiger partial charge in [0.05, 0.1) is 10.4 Å². The lowest BCUT2D eigenvalue weighted by Gasteiger charge is -2.15. The number of nitrogens with zero attached hydrogens (tertiary/aromatic N) is 2. The fourth-order valence-electron chi connectivity index (χ4n) is 3.69. The zero-order chi connectivity index (χ0) is 22.9. The Labute approximate surface area is 184 Å². The predicted molar refractivity (Wildman–Crippen MR) is 115 cm³/mol. The van der Waals surface area contributed by atoms with Crippen LogP contribution >= 0.6 is 0 Å². The Hall–Kier alpha value is -3.24. The van der Waals surface area contributed by atoms with Crippen LogP contribution in [0.4, 0.5) is 0 Å². The minimum atomic E-state index is -3.57. The first kappa shape index (κ1) is 22.0. The first-order chi connectivity index (χ1) is 15.3. The van der Waals surface area contributed by atoms with Crippen molar-refractivity contribution >= 4 is 32.9 Å². The van der Waals surface area contributed by atoms with Gasteiger partial charge in [0.2, 0.25) is 10.0 Å². The maximum atomic E-state index is 12.6. The lowest BCUT2D eigenvalue weighted by molar-refractivity contribution is -0.146. The summed E-state index contributed by atoms with van der Waals surface area (Å²) in [7, 11) is -3.57. The minimum absolute atomic E-state index is 0.118. The van der Waals surface area contributed by atoms with Crippen molar-refractivity contribution in [3.05, 3.63) is 64.6 Å². The van der Waals surface area contributed by atoms with Gasteiger partial charge in [0.25, 0.3) is 0 Å². The van der Waals surface area contributed by atoms with Crippen LogP contribution in [0.1, 0.15) is 36.2 Å². The topological polar surface area (TPSA) is 116 Å². The van der Waals surface area contributed by atoms with E-state index in [-0.39, 0.29) is 10.5 Å². The SMILES string of the molecule is CC(C(=O)OCC(=O)c1ccc(S(=O)(=O)N2CCCC2)cc1)n1c(=O)oc2ccccc21. The lowest BCUT2D eigenvalue weighted by atomic mass is 10.1. The number of rotatable bonds is 7.